The summed E-state index contributed by atoms with van der Waals surface area (Å²) in [6.07, 6.45) is 3.32. The Morgan fingerprint density at radius 2 is 1.71 bits per heavy atom. The molecule has 0 aliphatic heterocycles. The van der Waals surface area contributed by atoms with E-state index in [2.05, 4.69) is 26.1 Å². The molecular formula is C15H24FN. The van der Waals surface area contributed by atoms with Gasteiger partial charge < -0.3 is 5.32 Å². The van der Waals surface area contributed by atoms with Gasteiger partial charge in [0.15, 0.2) is 0 Å². The van der Waals surface area contributed by atoms with Crippen molar-refractivity contribution in [2.45, 2.75) is 59.0 Å². The third-order valence-corrected chi connectivity index (χ3v) is 4.00. The molecule has 0 fully saturated rings. The van der Waals surface area contributed by atoms with Gasteiger partial charge in [-0.1, -0.05) is 26.8 Å². The minimum absolute atomic E-state index is 0.150. The van der Waals surface area contributed by atoms with Crippen LogP contribution in [0.3, 0.4) is 0 Å². The maximum absolute atomic E-state index is 13.2. The highest BCUT2D eigenvalue weighted by Crippen LogP contribution is 2.20. The fraction of sp³-hybridized carbons (Fsp3) is 0.600. The summed E-state index contributed by atoms with van der Waals surface area (Å²) in [5, 5.41) is 3.60. The molecule has 1 N–H and O–H groups in total. The maximum Gasteiger partial charge on any atom is 0.123 e. The maximum atomic E-state index is 13.2. The average Bonchev–Trinajstić information content (AvgIpc) is 2.35. The van der Waals surface area contributed by atoms with Gasteiger partial charge in [0.2, 0.25) is 0 Å². The molecule has 1 aromatic carbocycles. The summed E-state index contributed by atoms with van der Waals surface area (Å²) in [4.78, 5) is 0. The van der Waals surface area contributed by atoms with E-state index in [4.69, 9.17) is 0 Å². The lowest BCUT2D eigenvalue weighted by molar-refractivity contribution is 0.287. The third kappa shape index (κ3) is 3.53. The first-order chi connectivity index (χ1) is 8.06. The fourth-order valence-corrected chi connectivity index (χ4v) is 2.24. The normalized spacial score (nSPS) is 11.8. The zero-order chi connectivity index (χ0) is 12.9. The Hall–Kier alpha value is -0.890. The summed E-state index contributed by atoms with van der Waals surface area (Å²) in [5.41, 5.74) is 2.40. The van der Waals surface area contributed by atoms with E-state index in [1.54, 1.807) is 6.07 Å². The van der Waals surface area contributed by atoms with Crippen molar-refractivity contribution in [2.75, 3.05) is 0 Å². The Morgan fingerprint density at radius 1 is 1.12 bits per heavy atom. The van der Waals surface area contributed by atoms with Gasteiger partial charge in [-0.15, -0.1) is 0 Å². The molecule has 0 heterocycles. The SMILES string of the molecule is CCC(CC)(CC)NCc1cc(F)ccc1C. The number of rotatable bonds is 6. The molecule has 1 nitrogen and oxygen atoms in total. The number of nitrogens with one attached hydrogen (secondary N) is 1. The van der Waals surface area contributed by atoms with Crippen LogP contribution in [0.25, 0.3) is 0 Å². The largest absolute Gasteiger partial charge is 0.307 e. The lowest BCUT2D eigenvalue weighted by Crippen LogP contribution is -2.43. The number of hydrogen-bond acceptors (Lipinski definition) is 1. The molecule has 0 atom stereocenters. The van der Waals surface area contributed by atoms with Gasteiger partial charge in [-0.25, -0.2) is 4.39 Å². The van der Waals surface area contributed by atoms with Crippen molar-refractivity contribution >= 4 is 0 Å². The van der Waals surface area contributed by atoms with Crippen LogP contribution in [-0.2, 0) is 6.54 Å². The van der Waals surface area contributed by atoms with Crippen molar-refractivity contribution in [1.82, 2.24) is 5.32 Å². The van der Waals surface area contributed by atoms with Gasteiger partial charge in [0.25, 0.3) is 0 Å². The quantitative estimate of drug-likeness (QED) is 0.782. The molecule has 0 bridgehead atoms. The number of halogens is 1. The number of aryl methyl sites for hydroxylation is 1. The molecule has 0 aliphatic rings. The van der Waals surface area contributed by atoms with Crippen LogP contribution in [0, 0.1) is 12.7 Å². The third-order valence-electron chi connectivity index (χ3n) is 4.00. The first-order valence-electron chi connectivity index (χ1n) is 6.57. The van der Waals surface area contributed by atoms with Gasteiger partial charge >= 0.3 is 0 Å². The highest BCUT2D eigenvalue weighted by molar-refractivity contribution is 5.26. The smallest absolute Gasteiger partial charge is 0.123 e. The van der Waals surface area contributed by atoms with Crippen LogP contribution < -0.4 is 5.32 Å². The minimum Gasteiger partial charge on any atom is -0.307 e. The lowest BCUT2D eigenvalue weighted by atomic mass is 9.89. The van der Waals surface area contributed by atoms with E-state index in [-0.39, 0.29) is 11.4 Å². The van der Waals surface area contributed by atoms with E-state index in [1.165, 1.54) is 6.07 Å². The highest BCUT2D eigenvalue weighted by Gasteiger charge is 2.22. The molecule has 0 saturated carbocycles. The highest BCUT2D eigenvalue weighted by atomic mass is 19.1. The first kappa shape index (κ1) is 14.2. The van der Waals surface area contributed by atoms with Crippen LogP contribution in [0.1, 0.15) is 51.2 Å². The van der Waals surface area contributed by atoms with E-state index < -0.39 is 0 Å². The van der Waals surface area contributed by atoms with Crippen LogP contribution in [0.15, 0.2) is 18.2 Å². The van der Waals surface area contributed by atoms with Crippen molar-refractivity contribution < 1.29 is 4.39 Å². The van der Waals surface area contributed by atoms with Crippen molar-refractivity contribution in [2.24, 2.45) is 0 Å². The second kappa shape index (κ2) is 6.15. The van der Waals surface area contributed by atoms with Gasteiger partial charge in [-0.2, -0.15) is 0 Å². The Bertz CT molecular complexity index is 348. The second-order valence-corrected chi connectivity index (χ2v) is 4.77. The molecule has 0 aliphatic carbocycles. The molecule has 0 saturated heterocycles. The van der Waals surface area contributed by atoms with Crippen molar-refractivity contribution in [3.05, 3.63) is 35.1 Å². The Morgan fingerprint density at radius 3 is 2.24 bits per heavy atom. The Kier molecular flexibility index (Phi) is 5.13. The zero-order valence-electron chi connectivity index (χ0n) is 11.4. The molecule has 0 unspecified atom stereocenters. The average molecular weight is 237 g/mol. The van der Waals surface area contributed by atoms with Crippen molar-refractivity contribution in [3.8, 4) is 0 Å². The summed E-state index contributed by atoms with van der Waals surface area (Å²) in [5.74, 6) is -0.150. The lowest BCUT2D eigenvalue weighted by Gasteiger charge is -2.32. The van der Waals surface area contributed by atoms with Gasteiger partial charge in [0.1, 0.15) is 5.82 Å². The van der Waals surface area contributed by atoms with Crippen LogP contribution in [0.4, 0.5) is 4.39 Å². The van der Waals surface area contributed by atoms with E-state index in [9.17, 15) is 4.39 Å². The summed E-state index contributed by atoms with van der Waals surface area (Å²) in [6, 6.07) is 5.00. The molecular weight excluding hydrogens is 213 g/mol. The summed E-state index contributed by atoms with van der Waals surface area (Å²) in [7, 11) is 0. The molecule has 96 valence electrons. The summed E-state index contributed by atoms with van der Waals surface area (Å²) < 4.78 is 13.2. The molecule has 0 spiro atoms. The minimum atomic E-state index is -0.150. The number of hydrogen-bond donors (Lipinski definition) is 1. The van der Waals surface area contributed by atoms with Crippen LogP contribution in [0.2, 0.25) is 0 Å². The topological polar surface area (TPSA) is 12.0 Å². The zero-order valence-corrected chi connectivity index (χ0v) is 11.4. The molecule has 1 aromatic rings. The summed E-state index contributed by atoms with van der Waals surface area (Å²) >= 11 is 0. The van der Waals surface area contributed by atoms with Gasteiger partial charge in [-0.05, 0) is 49.4 Å². The van der Waals surface area contributed by atoms with Gasteiger partial charge in [0.05, 0.1) is 0 Å². The van der Waals surface area contributed by atoms with E-state index in [0.29, 0.717) is 0 Å². The molecule has 0 radical (unpaired) electrons. The van der Waals surface area contributed by atoms with Crippen LogP contribution in [-0.4, -0.2) is 5.54 Å². The fourth-order valence-electron chi connectivity index (χ4n) is 2.24. The van der Waals surface area contributed by atoms with E-state index in [0.717, 1.165) is 36.9 Å². The first-order valence-corrected chi connectivity index (χ1v) is 6.57. The van der Waals surface area contributed by atoms with Crippen LogP contribution >= 0.6 is 0 Å². The molecule has 1 rings (SSSR count). The molecule has 0 aromatic heterocycles. The second-order valence-electron chi connectivity index (χ2n) is 4.77. The van der Waals surface area contributed by atoms with Gasteiger partial charge in [-0.3, -0.25) is 0 Å². The van der Waals surface area contributed by atoms with Gasteiger partial charge in [0, 0.05) is 12.1 Å². The van der Waals surface area contributed by atoms with Crippen molar-refractivity contribution in [1.29, 1.82) is 0 Å². The Labute approximate surface area is 104 Å². The Balaban J connectivity index is 2.75. The predicted octanol–water partition coefficient (Wildman–Crippen LogP) is 4.19. The summed E-state index contributed by atoms with van der Waals surface area (Å²) in [6.45, 7) is 9.40. The monoisotopic (exact) mass is 237 g/mol. The number of benzene rings is 1. The van der Waals surface area contributed by atoms with Crippen LogP contribution in [0.5, 0.6) is 0 Å². The predicted molar refractivity (Wildman–Crippen MR) is 71.6 cm³/mol. The molecule has 0 amide bonds. The standard InChI is InChI=1S/C15H24FN/c1-5-15(6-2,7-3)17-11-13-10-14(16)9-8-12(13)4/h8-10,17H,5-7,11H2,1-4H3. The van der Waals surface area contributed by atoms with E-state index >= 15 is 0 Å². The molecule has 2 heteroatoms. The van der Waals surface area contributed by atoms with E-state index in [1.807, 2.05) is 13.0 Å². The van der Waals surface area contributed by atoms with Crippen molar-refractivity contribution in [3.63, 3.8) is 0 Å². The molecule has 17 heavy (non-hydrogen) atoms.